The van der Waals surface area contributed by atoms with Crippen molar-refractivity contribution in [3.05, 3.63) is 0 Å². The molecule has 1 heterocycles. The van der Waals surface area contributed by atoms with E-state index < -0.39 is 10.0 Å². The number of sulfonamides is 1. The molecule has 1 unspecified atom stereocenters. The molecule has 1 fully saturated rings. The number of hydrogen-bond donors (Lipinski definition) is 2. The minimum atomic E-state index is -3.14. The molecule has 0 saturated carbocycles. The van der Waals surface area contributed by atoms with Gasteiger partial charge in [0.1, 0.15) is 0 Å². The van der Waals surface area contributed by atoms with Crippen LogP contribution in [0.1, 0.15) is 12.8 Å². The lowest BCUT2D eigenvalue weighted by Gasteiger charge is -2.23. The first kappa shape index (κ1) is 11.9. The molecular formula is C8H19N3O2S. The van der Waals surface area contributed by atoms with Crippen LogP contribution in [0.3, 0.4) is 0 Å². The molecule has 5 nitrogen and oxygen atoms in total. The number of nitrogens with zero attached hydrogens (tertiary/aromatic N) is 1. The van der Waals surface area contributed by atoms with Crippen molar-refractivity contribution in [3.63, 3.8) is 0 Å². The van der Waals surface area contributed by atoms with Crippen LogP contribution in [0, 0.1) is 5.92 Å². The second-order valence-electron chi connectivity index (χ2n) is 3.98. The van der Waals surface area contributed by atoms with Crippen LogP contribution in [0.2, 0.25) is 0 Å². The minimum absolute atomic E-state index is 0.220. The van der Waals surface area contributed by atoms with Crippen LogP contribution in [0.15, 0.2) is 0 Å². The molecule has 6 heteroatoms. The van der Waals surface area contributed by atoms with Crippen LogP contribution in [0.25, 0.3) is 0 Å². The van der Waals surface area contributed by atoms with Crippen LogP contribution in [0.5, 0.6) is 0 Å². The highest BCUT2D eigenvalue weighted by Crippen LogP contribution is 2.11. The highest BCUT2D eigenvalue weighted by atomic mass is 32.2. The lowest BCUT2D eigenvalue weighted by Crippen LogP contribution is -2.42. The Bertz CT molecular complexity index is 258. The predicted molar refractivity (Wildman–Crippen MR) is 56.2 cm³/mol. The number of hydrazine groups is 1. The maximum atomic E-state index is 11.5. The Labute approximate surface area is 85.9 Å². The van der Waals surface area contributed by atoms with E-state index in [9.17, 15) is 8.42 Å². The van der Waals surface area contributed by atoms with E-state index in [4.69, 9.17) is 0 Å². The van der Waals surface area contributed by atoms with Crippen molar-refractivity contribution in [3.8, 4) is 0 Å². The molecule has 0 aromatic heterocycles. The lowest BCUT2D eigenvalue weighted by molar-refractivity contribution is 0.354. The number of piperidine rings is 1. The summed E-state index contributed by atoms with van der Waals surface area (Å²) >= 11 is 0. The quantitative estimate of drug-likeness (QED) is 0.621. The molecule has 1 aliphatic heterocycles. The minimum Gasteiger partial charge on any atom is -0.316 e. The van der Waals surface area contributed by atoms with Crippen LogP contribution in [-0.2, 0) is 10.0 Å². The average molecular weight is 221 g/mol. The molecule has 0 spiro atoms. The van der Waals surface area contributed by atoms with E-state index in [0.29, 0.717) is 0 Å². The zero-order valence-electron chi connectivity index (χ0n) is 8.78. The highest BCUT2D eigenvalue weighted by molar-refractivity contribution is 7.89. The molecule has 1 rings (SSSR count). The Morgan fingerprint density at radius 2 is 2.21 bits per heavy atom. The third kappa shape index (κ3) is 4.36. The second kappa shape index (κ2) is 5.06. The molecule has 0 radical (unpaired) electrons. The van der Waals surface area contributed by atoms with E-state index in [1.54, 1.807) is 14.1 Å². The van der Waals surface area contributed by atoms with Gasteiger partial charge in [0.15, 0.2) is 0 Å². The third-order valence-corrected chi connectivity index (χ3v) is 3.73. The van der Waals surface area contributed by atoms with Gasteiger partial charge in [-0.2, -0.15) is 0 Å². The van der Waals surface area contributed by atoms with Crippen LogP contribution in [0.4, 0.5) is 0 Å². The monoisotopic (exact) mass is 221 g/mol. The van der Waals surface area contributed by atoms with Crippen molar-refractivity contribution in [2.45, 2.75) is 12.8 Å². The number of rotatable bonds is 4. The smallest absolute Gasteiger partial charge is 0.224 e. The first-order valence-corrected chi connectivity index (χ1v) is 6.53. The van der Waals surface area contributed by atoms with Crippen molar-refractivity contribution in [2.24, 2.45) is 5.92 Å². The topological polar surface area (TPSA) is 61.4 Å². The van der Waals surface area contributed by atoms with Gasteiger partial charge in [-0.3, -0.25) is 0 Å². The van der Waals surface area contributed by atoms with Crippen molar-refractivity contribution < 1.29 is 8.42 Å². The Morgan fingerprint density at radius 3 is 2.71 bits per heavy atom. The summed E-state index contributed by atoms with van der Waals surface area (Å²) < 4.78 is 23.1. The first-order valence-electron chi connectivity index (χ1n) is 4.88. The number of nitrogens with one attached hydrogen (secondary N) is 2. The predicted octanol–water partition coefficient (Wildman–Crippen LogP) is -0.618. The van der Waals surface area contributed by atoms with Crippen molar-refractivity contribution in [2.75, 3.05) is 32.9 Å². The van der Waals surface area contributed by atoms with Crippen molar-refractivity contribution in [1.29, 1.82) is 0 Å². The summed E-state index contributed by atoms with van der Waals surface area (Å²) in [7, 11) is 0.210. The van der Waals surface area contributed by atoms with Crippen molar-refractivity contribution >= 4 is 10.0 Å². The van der Waals surface area contributed by atoms with Gasteiger partial charge in [0.05, 0.1) is 5.75 Å². The molecule has 0 amide bonds. The molecule has 2 N–H and O–H groups in total. The fourth-order valence-corrected chi connectivity index (χ4v) is 3.23. The summed E-state index contributed by atoms with van der Waals surface area (Å²) in [5.41, 5.74) is 0. The summed E-state index contributed by atoms with van der Waals surface area (Å²) in [4.78, 5) is 2.44. The van der Waals surface area contributed by atoms with E-state index in [-0.39, 0.29) is 11.7 Å². The largest absolute Gasteiger partial charge is 0.316 e. The van der Waals surface area contributed by atoms with Crippen molar-refractivity contribution in [1.82, 2.24) is 15.2 Å². The zero-order valence-corrected chi connectivity index (χ0v) is 9.60. The summed E-state index contributed by atoms with van der Waals surface area (Å²) in [5, 5.41) is 4.67. The van der Waals surface area contributed by atoms with Gasteiger partial charge in [0, 0.05) is 14.1 Å². The molecule has 14 heavy (non-hydrogen) atoms. The molecule has 1 aliphatic rings. The molecule has 1 atom stereocenters. The Balaban J connectivity index is 2.41. The fraction of sp³-hybridized carbons (Fsp3) is 1.00. The van der Waals surface area contributed by atoms with E-state index >= 15 is 0 Å². The summed E-state index contributed by atoms with van der Waals surface area (Å²) in [6.07, 6.45) is 2.07. The third-order valence-electron chi connectivity index (χ3n) is 2.18. The highest BCUT2D eigenvalue weighted by Gasteiger charge is 2.21. The lowest BCUT2D eigenvalue weighted by atomic mass is 10.0. The summed E-state index contributed by atoms with van der Waals surface area (Å²) in [6.45, 7) is 1.83. The van der Waals surface area contributed by atoms with Crippen LogP contribution >= 0.6 is 0 Å². The van der Waals surface area contributed by atoms with Gasteiger partial charge in [0.2, 0.25) is 10.0 Å². The van der Waals surface area contributed by atoms with E-state index in [0.717, 1.165) is 25.9 Å². The van der Waals surface area contributed by atoms with Crippen LogP contribution < -0.4 is 10.1 Å². The SMILES string of the molecule is CN(C)NS(=O)(=O)CC1CCCNC1. The van der Waals surface area contributed by atoms with Gasteiger partial charge >= 0.3 is 0 Å². The standard InChI is InChI=1S/C8H19N3O2S/c1-11(2)10-14(12,13)7-8-4-3-5-9-6-8/h8-10H,3-7H2,1-2H3. The molecule has 0 aromatic carbocycles. The van der Waals surface area contributed by atoms with E-state index in [2.05, 4.69) is 10.1 Å². The van der Waals surface area contributed by atoms with E-state index in [1.165, 1.54) is 5.01 Å². The maximum absolute atomic E-state index is 11.5. The number of hydrogen-bond acceptors (Lipinski definition) is 4. The molecule has 0 bridgehead atoms. The Kier molecular flexibility index (Phi) is 4.31. The van der Waals surface area contributed by atoms with Gasteiger partial charge in [-0.15, -0.1) is 4.83 Å². The van der Waals surface area contributed by atoms with E-state index in [1.807, 2.05) is 0 Å². The Hall–Kier alpha value is -0.170. The maximum Gasteiger partial charge on any atom is 0.224 e. The summed E-state index contributed by atoms with van der Waals surface area (Å²) in [6, 6.07) is 0. The molecule has 1 saturated heterocycles. The molecule has 0 aromatic rings. The Morgan fingerprint density at radius 1 is 1.50 bits per heavy atom. The fourth-order valence-electron chi connectivity index (χ4n) is 1.69. The second-order valence-corrected chi connectivity index (χ2v) is 5.72. The molecule has 84 valence electrons. The molecular weight excluding hydrogens is 202 g/mol. The van der Waals surface area contributed by atoms with Gasteiger partial charge in [-0.05, 0) is 31.8 Å². The zero-order chi connectivity index (χ0) is 10.6. The van der Waals surface area contributed by atoms with Crippen LogP contribution in [-0.4, -0.2) is 46.4 Å². The van der Waals surface area contributed by atoms with Gasteiger partial charge in [-0.25, -0.2) is 13.4 Å². The van der Waals surface area contributed by atoms with Gasteiger partial charge in [0.25, 0.3) is 0 Å². The van der Waals surface area contributed by atoms with Gasteiger partial charge in [-0.1, -0.05) is 0 Å². The van der Waals surface area contributed by atoms with Gasteiger partial charge < -0.3 is 5.32 Å². The first-order chi connectivity index (χ1) is 6.49. The average Bonchev–Trinajstić information content (AvgIpc) is 2.02. The molecule has 0 aliphatic carbocycles. The summed E-state index contributed by atoms with van der Waals surface area (Å²) in [5.74, 6) is 0.472. The normalized spacial score (nSPS) is 24.1.